The van der Waals surface area contributed by atoms with Gasteiger partial charge in [-0.05, 0) is 25.8 Å². The number of hydrogen-bond donors (Lipinski definition) is 0. The van der Waals surface area contributed by atoms with E-state index in [0.29, 0.717) is 17.1 Å². The van der Waals surface area contributed by atoms with Crippen LogP contribution in [0.2, 0.25) is 0 Å². The number of aromatic nitrogens is 3. The van der Waals surface area contributed by atoms with E-state index in [1.54, 1.807) is 12.1 Å². The molecule has 4 atom stereocenters. The van der Waals surface area contributed by atoms with Crippen molar-refractivity contribution in [3.63, 3.8) is 0 Å². The summed E-state index contributed by atoms with van der Waals surface area (Å²) in [4.78, 5) is 0. The van der Waals surface area contributed by atoms with Crippen LogP contribution >= 0.6 is 0 Å². The van der Waals surface area contributed by atoms with E-state index in [4.69, 9.17) is 10.00 Å². The van der Waals surface area contributed by atoms with Crippen molar-refractivity contribution in [1.29, 1.82) is 5.26 Å². The highest BCUT2D eigenvalue weighted by Crippen LogP contribution is 2.38. The fraction of sp³-hybridized carbons (Fsp3) is 0.500. The molecule has 19 heavy (non-hydrogen) atoms. The summed E-state index contributed by atoms with van der Waals surface area (Å²) >= 11 is 0. The van der Waals surface area contributed by atoms with E-state index in [-0.39, 0.29) is 18.1 Å². The molecule has 0 aliphatic carbocycles. The molecular weight excluding hydrogens is 240 g/mol. The van der Waals surface area contributed by atoms with E-state index < -0.39 is 0 Å². The fourth-order valence-electron chi connectivity index (χ4n) is 2.92. The van der Waals surface area contributed by atoms with Crippen molar-refractivity contribution in [3.8, 4) is 6.07 Å². The smallest absolute Gasteiger partial charge is 0.162 e. The minimum atomic E-state index is 0.132. The molecule has 0 spiro atoms. The second-order valence-electron chi connectivity index (χ2n) is 5.24. The summed E-state index contributed by atoms with van der Waals surface area (Å²) in [5, 5.41) is 17.4. The third-order valence-electron chi connectivity index (χ3n) is 4.11. The van der Waals surface area contributed by atoms with Crippen LogP contribution in [0.3, 0.4) is 0 Å². The van der Waals surface area contributed by atoms with E-state index in [2.05, 4.69) is 37.0 Å². The number of pyridine rings is 1. The van der Waals surface area contributed by atoms with Gasteiger partial charge in [-0.1, -0.05) is 6.92 Å². The topological polar surface area (TPSA) is 63.2 Å². The van der Waals surface area contributed by atoms with Gasteiger partial charge in [0.25, 0.3) is 0 Å². The van der Waals surface area contributed by atoms with Gasteiger partial charge in [0.15, 0.2) is 5.65 Å². The number of ether oxygens (including phenoxy) is 1. The number of nitriles is 1. The molecule has 1 fully saturated rings. The molecule has 1 aliphatic heterocycles. The van der Waals surface area contributed by atoms with Crippen LogP contribution < -0.4 is 0 Å². The third-order valence-corrected chi connectivity index (χ3v) is 4.11. The van der Waals surface area contributed by atoms with Gasteiger partial charge in [0.05, 0.1) is 29.8 Å². The third kappa shape index (κ3) is 1.80. The highest BCUT2D eigenvalue weighted by molar-refractivity contribution is 5.46. The molecular formula is C14H16N4O. The van der Waals surface area contributed by atoms with Gasteiger partial charge in [-0.3, -0.25) is 4.40 Å². The van der Waals surface area contributed by atoms with Crippen molar-refractivity contribution in [2.24, 2.45) is 5.92 Å². The Kier molecular flexibility index (Phi) is 2.76. The largest absolute Gasteiger partial charge is 0.374 e. The van der Waals surface area contributed by atoms with E-state index >= 15 is 0 Å². The van der Waals surface area contributed by atoms with Crippen molar-refractivity contribution in [2.45, 2.75) is 38.9 Å². The van der Waals surface area contributed by atoms with Gasteiger partial charge >= 0.3 is 0 Å². The summed E-state index contributed by atoms with van der Waals surface area (Å²) < 4.78 is 7.83. The monoisotopic (exact) mass is 256 g/mol. The Balaban J connectivity index is 2.09. The lowest BCUT2D eigenvalue weighted by molar-refractivity contribution is 0.0553. The van der Waals surface area contributed by atoms with Gasteiger partial charge in [-0.15, -0.1) is 10.2 Å². The van der Waals surface area contributed by atoms with E-state index in [1.165, 1.54) is 0 Å². The lowest BCUT2D eigenvalue weighted by atomic mass is 9.89. The Morgan fingerprint density at radius 3 is 2.68 bits per heavy atom. The van der Waals surface area contributed by atoms with Gasteiger partial charge in [0.1, 0.15) is 5.82 Å². The fourth-order valence-corrected chi connectivity index (χ4v) is 2.92. The average molecular weight is 256 g/mol. The van der Waals surface area contributed by atoms with Crippen LogP contribution in [0.15, 0.2) is 18.3 Å². The van der Waals surface area contributed by atoms with Crippen LogP contribution in [0.1, 0.15) is 38.1 Å². The van der Waals surface area contributed by atoms with Crippen molar-refractivity contribution in [1.82, 2.24) is 14.6 Å². The summed E-state index contributed by atoms with van der Waals surface area (Å²) in [5.41, 5.74) is 1.32. The maximum atomic E-state index is 8.91. The Morgan fingerprint density at radius 1 is 1.26 bits per heavy atom. The Morgan fingerprint density at radius 2 is 2.05 bits per heavy atom. The molecule has 5 heteroatoms. The normalized spacial score (nSPS) is 30.6. The summed E-state index contributed by atoms with van der Waals surface area (Å²) in [6.07, 6.45) is 2.23. The van der Waals surface area contributed by atoms with Crippen LogP contribution in [-0.2, 0) is 4.74 Å². The summed E-state index contributed by atoms with van der Waals surface area (Å²) in [6.45, 7) is 6.36. The van der Waals surface area contributed by atoms with E-state index in [1.807, 2.05) is 10.6 Å². The first-order valence-corrected chi connectivity index (χ1v) is 6.52. The number of rotatable bonds is 1. The maximum absolute atomic E-state index is 8.91. The Bertz CT molecular complexity index is 657. The predicted octanol–water partition coefficient (Wildman–Crippen LogP) is 2.13. The zero-order valence-electron chi connectivity index (χ0n) is 11.2. The Hall–Kier alpha value is -1.93. The van der Waals surface area contributed by atoms with Crippen LogP contribution in [-0.4, -0.2) is 26.8 Å². The Labute approximate surface area is 111 Å². The van der Waals surface area contributed by atoms with E-state index in [9.17, 15) is 0 Å². The van der Waals surface area contributed by atoms with E-state index in [0.717, 1.165) is 5.82 Å². The second kappa shape index (κ2) is 4.32. The molecule has 2 aromatic heterocycles. The molecule has 0 saturated carbocycles. The second-order valence-corrected chi connectivity index (χ2v) is 5.24. The first-order valence-electron chi connectivity index (χ1n) is 6.52. The number of fused-ring (bicyclic) bond motifs is 1. The first kappa shape index (κ1) is 12.1. The van der Waals surface area contributed by atoms with Gasteiger partial charge in [0, 0.05) is 12.3 Å². The zero-order valence-corrected chi connectivity index (χ0v) is 11.2. The van der Waals surface area contributed by atoms with Crippen LogP contribution in [0.5, 0.6) is 0 Å². The molecule has 1 aliphatic rings. The van der Waals surface area contributed by atoms with Crippen molar-refractivity contribution in [2.75, 3.05) is 0 Å². The standard InChI is InChI=1S/C14H16N4O/c1-8-9(2)19-10(3)13(8)14-17-16-12-6-11(7-15)4-5-18(12)14/h4-6,8-10,13H,1-3H3. The summed E-state index contributed by atoms with van der Waals surface area (Å²) in [5.74, 6) is 1.56. The lowest BCUT2D eigenvalue weighted by Gasteiger charge is -2.16. The minimum absolute atomic E-state index is 0.132. The number of nitrogens with zero attached hydrogens (tertiary/aromatic N) is 4. The highest BCUT2D eigenvalue weighted by Gasteiger charge is 2.40. The maximum Gasteiger partial charge on any atom is 0.162 e. The molecule has 0 radical (unpaired) electrons. The quantitative estimate of drug-likeness (QED) is 0.784. The summed E-state index contributed by atoms with van der Waals surface area (Å²) in [6, 6.07) is 5.66. The molecule has 0 amide bonds. The van der Waals surface area contributed by atoms with Crippen molar-refractivity contribution >= 4 is 5.65 Å². The molecule has 98 valence electrons. The van der Waals surface area contributed by atoms with Crippen LogP contribution in [0.4, 0.5) is 0 Å². The highest BCUT2D eigenvalue weighted by atomic mass is 16.5. The lowest BCUT2D eigenvalue weighted by Crippen LogP contribution is -2.18. The van der Waals surface area contributed by atoms with Gasteiger partial charge in [-0.25, -0.2) is 0 Å². The number of hydrogen-bond acceptors (Lipinski definition) is 4. The SMILES string of the molecule is CC1OC(C)C(c2nnc3cc(C#N)ccn23)C1C. The molecule has 0 N–H and O–H groups in total. The molecule has 0 aromatic carbocycles. The molecule has 5 nitrogen and oxygen atoms in total. The zero-order chi connectivity index (χ0) is 13.6. The molecule has 1 saturated heterocycles. The van der Waals surface area contributed by atoms with Gasteiger partial charge in [-0.2, -0.15) is 5.26 Å². The predicted molar refractivity (Wildman–Crippen MR) is 69.6 cm³/mol. The van der Waals surface area contributed by atoms with Crippen molar-refractivity contribution in [3.05, 3.63) is 29.7 Å². The van der Waals surface area contributed by atoms with Crippen LogP contribution in [0.25, 0.3) is 5.65 Å². The minimum Gasteiger partial charge on any atom is -0.374 e. The molecule has 0 bridgehead atoms. The average Bonchev–Trinajstić information content (AvgIpc) is 2.91. The van der Waals surface area contributed by atoms with Gasteiger partial charge < -0.3 is 4.74 Å². The molecule has 3 rings (SSSR count). The molecule has 3 heterocycles. The first-order chi connectivity index (χ1) is 9.11. The summed E-state index contributed by atoms with van der Waals surface area (Å²) in [7, 11) is 0. The van der Waals surface area contributed by atoms with Crippen molar-refractivity contribution < 1.29 is 4.74 Å². The van der Waals surface area contributed by atoms with Crippen LogP contribution in [0, 0.1) is 17.2 Å². The van der Waals surface area contributed by atoms with Gasteiger partial charge in [0.2, 0.25) is 0 Å². The molecule has 4 unspecified atom stereocenters. The molecule has 2 aromatic rings.